The van der Waals surface area contributed by atoms with Crippen LogP contribution in [0.2, 0.25) is 0 Å². The molecule has 2 aromatic carbocycles. The van der Waals surface area contributed by atoms with Crippen LogP contribution < -0.4 is 4.31 Å². The Morgan fingerprint density at radius 2 is 1.72 bits per heavy atom. The van der Waals surface area contributed by atoms with E-state index >= 15 is 0 Å². The summed E-state index contributed by atoms with van der Waals surface area (Å²) in [7, 11) is -3.70. The highest BCUT2D eigenvalue weighted by atomic mass is 32.2. The van der Waals surface area contributed by atoms with Crippen LogP contribution in [0, 0.1) is 13.8 Å². The van der Waals surface area contributed by atoms with Gasteiger partial charge in [0.05, 0.1) is 17.1 Å². The lowest BCUT2D eigenvalue weighted by molar-refractivity contribution is 0.589. The van der Waals surface area contributed by atoms with Crippen LogP contribution in [0.1, 0.15) is 16.7 Å². The second kappa shape index (κ2) is 7.07. The highest BCUT2D eigenvalue weighted by molar-refractivity contribution is 7.92. The summed E-state index contributed by atoms with van der Waals surface area (Å²) in [5.74, 6) is 0. The predicted molar refractivity (Wildman–Crippen MR) is 100.0 cm³/mol. The maximum atomic E-state index is 13.4. The van der Waals surface area contributed by atoms with Crippen LogP contribution in [0.5, 0.6) is 0 Å². The molecule has 0 saturated heterocycles. The first-order valence-electron chi connectivity index (χ1n) is 8.02. The summed E-state index contributed by atoms with van der Waals surface area (Å²) in [5, 5.41) is 0. The maximum absolute atomic E-state index is 13.4. The summed E-state index contributed by atoms with van der Waals surface area (Å²) in [6, 6.07) is 18.3. The number of benzene rings is 2. The number of hydrogen-bond acceptors (Lipinski definition) is 3. The topological polar surface area (TPSA) is 50.3 Å². The predicted octanol–water partition coefficient (Wildman–Crippen LogP) is 4.09. The molecule has 0 aliphatic carbocycles. The van der Waals surface area contributed by atoms with Crippen molar-refractivity contribution in [3.8, 4) is 0 Å². The molecule has 25 heavy (non-hydrogen) atoms. The minimum atomic E-state index is -3.70. The first-order chi connectivity index (χ1) is 12.0. The van der Waals surface area contributed by atoms with E-state index in [0.29, 0.717) is 10.6 Å². The summed E-state index contributed by atoms with van der Waals surface area (Å²) < 4.78 is 28.3. The zero-order valence-corrected chi connectivity index (χ0v) is 15.1. The van der Waals surface area contributed by atoms with Gasteiger partial charge in [-0.05, 0) is 54.8 Å². The van der Waals surface area contributed by atoms with E-state index in [9.17, 15) is 8.42 Å². The van der Waals surface area contributed by atoms with Gasteiger partial charge in [0.25, 0.3) is 10.0 Å². The van der Waals surface area contributed by atoms with Crippen LogP contribution in [-0.2, 0) is 16.6 Å². The average Bonchev–Trinajstić information content (AvgIpc) is 2.63. The van der Waals surface area contributed by atoms with Gasteiger partial charge in [-0.15, -0.1) is 0 Å². The molecule has 3 rings (SSSR count). The molecule has 0 N–H and O–H groups in total. The van der Waals surface area contributed by atoms with Gasteiger partial charge in [-0.25, -0.2) is 8.42 Å². The highest BCUT2D eigenvalue weighted by Crippen LogP contribution is 2.28. The Morgan fingerprint density at radius 3 is 2.40 bits per heavy atom. The molecule has 0 bridgehead atoms. The van der Waals surface area contributed by atoms with Gasteiger partial charge >= 0.3 is 0 Å². The standard InChI is InChI=1S/C20H20N2O2S/c1-16-10-11-17(2)20(13-16)25(23,24)22(19-8-4-3-5-9-19)15-18-7-6-12-21-14-18/h3-14H,15H2,1-2H3. The monoisotopic (exact) mass is 352 g/mol. The quantitative estimate of drug-likeness (QED) is 0.695. The molecule has 0 radical (unpaired) electrons. The number of pyridine rings is 1. The number of aromatic nitrogens is 1. The van der Waals surface area contributed by atoms with Gasteiger partial charge in [-0.3, -0.25) is 9.29 Å². The molecular weight excluding hydrogens is 332 g/mol. The van der Waals surface area contributed by atoms with Crippen molar-refractivity contribution in [1.82, 2.24) is 4.98 Å². The molecule has 1 aromatic heterocycles. The van der Waals surface area contributed by atoms with Crippen molar-refractivity contribution >= 4 is 15.7 Å². The van der Waals surface area contributed by atoms with E-state index < -0.39 is 10.0 Å². The van der Waals surface area contributed by atoms with E-state index in [1.54, 1.807) is 30.6 Å². The molecule has 5 heteroatoms. The van der Waals surface area contributed by atoms with Crippen LogP contribution in [0.3, 0.4) is 0 Å². The Hall–Kier alpha value is -2.66. The molecule has 1 heterocycles. The van der Waals surface area contributed by atoms with Gasteiger partial charge in [0.2, 0.25) is 0 Å². The third-order valence-corrected chi connectivity index (χ3v) is 5.92. The molecule has 3 aromatic rings. The minimum Gasteiger partial charge on any atom is -0.264 e. The van der Waals surface area contributed by atoms with Crippen LogP contribution >= 0.6 is 0 Å². The average molecular weight is 352 g/mol. The van der Waals surface area contributed by atoms with Gasteiger partial charge < -0.3 is 0 Å². The molecule has 128 valence electrons. The summed E-state index contributed by atoms with van der Waals surface area (Å²) in [6.07, 6.45) is 3.37. The summed E-state index contributed by atoms with van der Waals surface area (Å²) in [6.45, 7) is 3.94. The molecule has 0 fully saturated rings. The number of aryl methyl sites for hydroxylation is 2. The number of nitrogens with zero attached hydrogens (tertiary/aromatic N) is 2. The Kier molecular flexibility index (Phi) is 4.86. The molecule has 0 spiro atoms. The second-order valence-corrected chi connectivity index (χ2v) is 7.81. The summed E-state index contributed by atoms with van der Waals surface area (Å²) in [5.41, 5.74) is 3.11. The van der Waals surface area contributed by atoms with E-state index in [4.69, 9.17) is 0 Å². The smallest absolute Gasteiger partial charge is 0.264 e. The van der Waals surface area contributed by atoms with E-state index in [2.05, 4.69) is 4.98 Å². The summed E-state index contributed by atoms with van der Waals surface area (Å²) >= 11 is 0. The summed E-state index contributed by atoms with van der Waals surface area (Å²) in [4.78, 5) is 4.43. The normalized spacial score (nSPS) is 11.3. The van der Waals surface area contributed by atoms with E-state index in [1.807, 2.05) is 56.3 Å². The van der Waals surface area contributed by atoms with Crippen LogP contribution in [0.25, 0.3) is 0 Å². The van der Waals surface area contributed by atoms with Crippen molar-refractivity contribution in [1.29, 1.82) is 0 Å². The largest absolute Gasteiger partial charge is 0.264 e. The van der Waals surface area contributed by atoms with Gasteiger partial charge in [0, 0.05) is 12.4 Å². The van der Waals surface area contributed by atoms with E-state index in [1.165, 1.54) is 4.31 Å². The number of hydrogen-bond donors (Lipinski definition) is 0. The Bertz CT molecular complexity index is 956. The van der Waals surface area contributed by atoms with Gasteiger partial charge in [-0.1, -0.05) is 36.4 Å². The molecule has 0 aliphatic rings. The van der Waals surface area contributed by atoms with Crippen molar-refractivity contribution in [2.45, 2.75) is 25.3 Å². The molecular formula is C20H20N2O2S. The molecule has 0 saturated carbocycles. The SMILES string of the molecule is Cc1ccc(C)c(S(=O)(=O)N(Cc2cccnc2)c2ccccc2)c1. The van der Waals surface area contributed by atoms with Gasteiger partial charge in [0.15, 0.2) is 0 Å². The fourth-order valence-corrected chi connectivity index (χ4v) is 4.44. The zero-order valence-electron chi connectivity index (χ0n) is 14.3. The number of para-hydroxylation sites is 1. The van der Waals surface area contributed by atoms with Crippen molar-refractivity contribution in [3.05, 3.63) is 89.7 Å². The fraction of sp³-hybridized carbons (Fsp3) is 0.150. The van der Waals surface area contributed by atoms with Crippen molar-refractivity contribution < 1.29 is 8.42 Å². The lowest BCUT2D eigenvalue weighted by Gasteiger charge is -2.25. The highest BCUT2D eigenvalue weighted by Gasteiger charge is 2.26. The third-order valence-electron chi connectivity index (χ3n) is 4.00. The Morgan fingerprint density at radius 1 is 0.960 bits per heavy atom. The second-order valence-electron chi connectivity index (χ2n) is 5.98. The molecule has 0 aliphatic heterocycles. The Balaban J connectivity index is 2.12. The lowest BCUT2D eigenvalue weighted by Crippen LogP contribution is -2.31. The van der Waals surface area contributed by atoms with Crippen molar-refractivity contribution in [2.75, 3.05) is 4.31 Å². The van der Waals surface area contributed by atoms with Crippen molar-refractivity contribution in [3.63, 3.8) is 0 Å². The lowest BCUT2D eigenvalue weighted by atomic mass is 10.2. The fourth-order valence-electron chi connectivity index (χ4n) is 2.67. The molecule has 0 atom stereocenters. The maximum Gasteiger partial charge on any atom is 0.264 e. The van der Waals surface area contributed by atoms with E-state index in [-0.39, 0.29) is 6.54 Å². The van der Waals surface area contributed by atoms with Crippen LogP contribution in [-0.4, -0.2) is 13.4 Å². The zero-order chi connectivity index (χ0) is 17.9. The number of anilines is 1. The Labute approximate surface area is 148 Å². The first-order valence-corrected chi connectivity index (χ1v) is 9.46. The molecule has 0 amide bonds. The first kappa shape index (κ1) is 17.2. The molecule has 0 unspecified atom stereocenters. The molecule has 4 nitrogen and oxygen atoms in total. The minimum absolute atomic E-state index is 0.230. The van der Waals surface area contributed by atoms with Gasteiger partial charge in [-0.2, -0.15) is 0 Å². The van der Waals surface area contributed by atoms with Crippen LogP contribution in [0.4, 0.5) is 5.69 Å². The number of rotatable bonds is 5. The van der Waals surface area contributed by atoms with Gasteiger partial charge in [0.1, 0.15) is 0 Å². The van der Waals surface area contributed by atoms with Crippen LogP contribution in [0.15, 0.2) is 78.0 Å². The third kappa shape index (κ3) is 3.72. The van der Waals surface area contributed by atoms with Crippen molar-refractivity contribution in [2.24, 2.45) is 0 Å². The number of sulfonamides is 1. The van der Waals surface area contributed by atoms with E-state index in [0.717, 1.165) is 16.7 Å².